The minimum absolute atomic E-state index is 0.104. The minimum Gasteiger partial charge on any atom is -0.332 e. The van der Waals surface area contributed by atoms with Gasteiger partial charge in [0.05, 0.1) is 6.20 Å². The van der Waals surface area contributed by atoms with Gasteiger partial charge in [0.15, 0.2) is 5.03 Å². The molecule has 0 unspecified atom stereocenters. The van der Waals surface area contributed by atoms with Gasteiger partial charge in [-0.1, -0.05) is 15.9 Å². The van der Waals surface area contributed by atoms with Crippen LogP contribution in [-0.2, 0) is 10.0 Å². The smallest absolute Gasteiger partial charge is 0.258 e. The predicted molar refractivity (Wildman–Crippen MR) is 66.1 cm³/mol. The SMILES string of the molecule is Cc1ncc(S(=O)(=O)NC(C)(C)CCBr)[nH]1. The summed E-state index contributed by atoms with van der Waals surface area (Å²) in [5, 5.41) is 0.845. The topological polar surface area (TPSA) is 74.8 Å². The molecule has 0 aliphatic carbocycles. The number of imidazole rings is 1. The van der Waals surface area contributed by atoms with Crippen LogP contribution in [0, 0.1) is 6.92 Å². The second-order valence-electron chi connectivity index (χ2n) is 4.26. The molecule has 92 valence electrons. The van der Waals surface area contributed by atoms with E-state index >= 15 is 0 Å². The van der Waals surface area contributed by atoms with E-state index in [9.17, 15) is 8.42 Å². The molecular formula is C9H16BrN3O2S. The quantitative estimate of drug-likeness (QED) is 0.811. The maximum absolute atomic E-state index is 11.9. The molecule has 7 heteroatoms. The van der Waals surface area contributed by atoms with Crippen molar-refractivity contribution >= 4 is 26.0 Å². The van der Waals surface area contributed by atoms with Gasteiger partial charge >= 0.3 is 0 Å². The van der Waals surface area contributed by atoms with Crippen molar-refractivity contribution in [2.24, 2.45) is 0 Å². The third kappa shape index (κ3) is 3.57. The lowest BCUT2D eigenvalue weighted by molar-refractivity contribution is 0.442. The van der Waals surface area contributed by atoms with Gasteiger partial charge in [0.25, 0.3) is 10.0 Å². The van der Waals surface area contributed by atoms with E-state index in [0.717, 1.165) is 5.33 Å². The van der Waals surface area contributed by atoms with E-state index in [0.29, 0.717) is 12.2 Å². The number of aryl methyl sites for hydroxylation is 1. The third-order valence-electron chi connectivity index (χ3n) is 2.10. The Balaban J connectivity index is 2.88. The van der Waals surface area contributed by atoms with Crippen LogP contribution in [0.15, 0.2) is 11.2 Å². The number of hydrogen-bond donors (Lipinski definition) is 2. The van der Waals surface area contributed by atoms with Crippen LogP contribution in [0.3, 0.4) is 0 Å². The molecule has 0 aliphatic rings. The van der Waals surface area contributed by atoms with Crippen molar-refractivity contribution in [3.8, 4) is 0 Å². The highest BCUT2D eigenvalue weighted by Gasteiger charge is 2.26. The second-order valence-corrected chi connectivity index (χ2v) is 6.71. The van der Waals surface area contributed by atoms with Crippen molar-refractivity contribution in [3.63, 3.8) is 0 Å². The number of nitrogens with zero attached hydrogens (tertiary/aromatic N) is 1. The van der Waals surface area contributed by atoms with Crippen LogP contribution in [0.2, 0.25) is 0 Å². The van der Waals surface area contributed by atoms with Gasteiger partial charge in [0.1, 0.15) is 5.82 Å². The molecule has 2 N–H and O–H groups in total. The number of sulfonamides is 1. The summed E-state index contributed by atoms with van der Waals surface area (Å²) in [5.74, 6) is 0.582. The van der Waals surface area contributed by atoms with E-state index in [1.165, 1.54) is 6.20 Å². The number of aromatic amines is 1. The van der Waals surface area contributed by atoms with E-state index < -0.39 is 15.6 Å². The van der Waals surface area contributed by atoms with E-state index in [-0.39, 0.29) is 5.03 Å². The molecule has 0 spiro atoms. The maximum atomic E-state index is 11.9. The summed E-state index contributed by atoms with van der Waals surface area (Å²) in [6.45, 7) is 5.40. The second kappa shape index (κ2) is 4.85. The highest BCUT2D eigenvalue weighted by Crippen LogP contribution is 2.15. The molecule has 0 saturated heterocycles. The largest absolute Gasteiger partial charge is 0.332 e. The van der Waals surface area contributed by atoms with Crippen LogP contribution >= 0.6 is 15.9 Å². The monoisotopic (exact) mass is 309 g/mol. The Hall–Kier alpha value is -0.400. The Morgan fingerprint density at radius 1 is 1.56 bits per heavy atom. The Morgan fingerprint density at radius 3 is 2.62 bits per heavy atom. The normalized spacial score (nSPS) is 13.0. The fraction of sp³-hybridized carbons (Fsp3) is 0.667. The van der Waals surface area contributed by atoms with Gasteiger partial charge in [-0.25, -0.2) is 18.1 Å². The van der Waals surface area contributed by atoms with Crippen LogP contribution < -0.4 is 4.72 Å². The fourth-order valence-corrected chi connectivity index (χ4v) is 3.65. The van der Waals surface area contributed by atoms with Gasteiger partial charge in [0, 0.05) is 10.9 Å². The van der Waals surface area contributed by atoms with Crippen molar-refractivity contribution in [2.45, 2.75) is 37.8 Å². The Labute approximate surface area is 104 Å². The standard InChI is InChI=1S/C9H16BrN3O2S/c1-7-11-6-8(12-7)16(14,15)13-9(2,3)4-5-10/h6,13H,4-5H2,1-3H3,(H,11,12). The number of halogens is 1. The van der Waals surface area contributed by atoms with Gasteiger partial charge in [-0.05, 0) is 27.2 Å². The first kappa shape index (κ1) is 13.7. The first-order chi connectivity index (χ1) is 7.27. The number of aromatic nitrogens is 2. The highest BCUT2D eigenvalue weighted by atomic mass is 79.9. The molecule has 0 fully saturated rings. The average molecular weight is 310 g/mol. The lowest BCUT2D eigenvalue weighted by Gasteiger charge is -2.24. The molecular weight excluding hydrogens is 294 g/mol. The van der Waals surface area contributed by atoms with Gasteiger partial charge < -0.3 is 4.98 Å². The molecule has 1 rings (SSSR count). The minimum atomic E-state index is -3.51. The molecule has 1 aromatic rings. The van der Waals surface area contributed by atoms with Crippen LogP contribution in [-0.4, -0.2) is 29.3 Å². The number of nitrogens with one attached hydrogen (secondary N) is 2. The summed E-state index contributed by atoms with van der Waals surface area (Å²) in [7, 11) is -3.51. The molecule has 0 saturated carbocycles. The molecule has 0 atom stereocenters. The molecule has 16 heavy (non-hydrogen) atoms. The fourth-order valence-electron chi connectivity index (χ4n) is 1.24. The molecule has 0 radical (unpaired) electrons. The van der Waals surface area contributed by atoms with Gasteiger partial charge in [-0.2, -0.15) is 0 Å². The summed E-state index contributed by atoms with van der Waals surface area (Å²) < 4.78 is 26.5. The summed E-state index contributed by atoms with van der Waals surface area (Å²) >= 11 is 3.30. The molecule has 1 aromatic heterocycles. The van der Waals surface area contributed by atoms with Gasteiger partial charge in [-0.15, -0.1) is 0 Å². The first-order valence-corrected chi connectivity index (χ1v) is 7.49. The number of alkyl halides is 1. The lowest BCUT2D eigenvalue weighted by Crippen LogP contribution is -2.43. The maximum Gasteiger partial charge on any atom is 0.258 e. The van der Waals surface area contributed by atoms with Crippen molar-refractivity contribution in [1.29, 1.82) is 0 Å². The average Bonchev–Trinajstić information content (AvgIpc) is 2.49. The number of hydrogen-bond acceptors (Lipinski definition) is 3. The summed E-state index contributed by atoms with van der Waals surface area (Å²) in [6, 6.07) is 0. The van der Waals surface area contributed by atoms with Crippen molar-refractivity contribution in [3.05, 3.63) is 12.0 Å². The lowest BCUT2D eigenvalue weighted by atomic mass is 10.0. The van der Waals surface area contributed by atoms with Gasteiger partial charge in [-0.3, -0.25) is 0 Å². The van der Waals surface area contributed by atoms with E-state index in [1.807, 2.05) is 13.8 Å². The third-order valence-corrected chi connectivity index (χ3v) is 4.10. The van der Waals surface area contributed by atoms with Crippen molar-refractivity contribution in [1.82, 2.24) is 14.7 Å². The molecule has 0 aromatic carbocycles. The zero-order valence-corrected chi connectivity index (χ0v) is 11.9. The zero-order valence-electron chi connectivity index (χ0n) is 9.54. The molecule has 5 nitrogen and oxygen atoms in total. The Bertz CT molecular complexity index is 453. The molecule has 1 heterocycles. The van der Waals surface area contributed by atoms with Crippen molar-refractivity contribution in [2.75, 3.05) is 5.33 Å². The Kier molecular flexibility index (Phi) is 4.14. The van der Waals surface area contributed by atoms with Crippen LogP contribution in [0.5, 0.6) is 0 Å². The predicted octanol–water partition coefficient (Wildman–Crippen LogP) is 1.56. The highest BCUT2D eigenvalue weighted by molar-refractivity contribution is 9.09. The van der Waals surface area contributed by atoms with Crippen LogP contribution in [0.25, 0.3) is 0 Å². The number of H-pyrrole nitrogens is 1. The summed E-state index contributed by atoms with van der Waals surface area (Å²) in [5.41, 5.74) is -0.485. The van der Waals surface area contributed by atoms with Crippen LogP contribution in [0.4, 0.5) is 0 Å². The molecule has 0 bridgehead atoms. The Morgan fingerprint density at radius 2 is 2.19 bits per heavy atom. The van der Waals surface area contributed by atoms with E-state index in [2.05, 4.69) is 30.6 Å². The summed E-state index contributed by atoms with van der Waals surface area (Å²) in [4.78, 5) is 6.58. The van der Waals surface area contributed by atoms with Crippen LogP contribution in [0.1, 0.15) is 26.1 Å². The van der Waals surface area contributed by atoms with Gasteiger partial charge in [0.2, 0.25) is 0 Å². The van der Waals surface area contributed by atoms with E-state index in [1.54, 1.807) is 6.92 Å². The first-order valence-electron chi connectivity index (χ1n) is 4.88. The summed E-state index contributed by atoms with van der Waals surface area (Å²) in [6.07, 6.45) is 2.03. The molecule has 0 amide bonds. The van der Waals surface area contributed by atoms with E-state index in [4.69, 9.17) is 0 Å². The zero-order chi connectivity index (χ0) is 12.4. The number of rotatable bonds is 5. The molecule has 0 aliphatic heterocycles. The van der Waals surface area contributed by atoms with Crippen molar-refractivity contribution < 1.29 is 8.42 Å².